The van der Waals surface area contributed by atoms with Gasteiger partial charge in [-0.3, -0.25) is 18.9 Å². The minimum absolute atomic E-state index is 0.0649. The summed E-state index contributed by atoms with van der Waals surface area (Å²) in [7, 11) is 0. The molecule has 0 radical (unpaired) electrons. The Morgan fingerprint density at radius 1 is 0.974 bits per heavy atom. The molecule has 2 aromatic carbocycles. The Morgan fingerprint density at radius 2 is 1.77 bits per heavy atom. The molecule has 1 N–H and O–H groups in total. The van der Waals surface area contributed by atoms with Crippen LogP contribution in [0.5, 0.6) is 0 Å². The highest BCUT2D eigenvalue weighted by atomic mass is 35.5. The number of pyridine rings is 1. The largest absolute Gasteiger partial charge is 0.353 e. The molecular formula is C28H28ClN5O5. The van der Waals surface area contributed by atoms with Gasteiger partial charge in [0.05, 0.1) is 25.4 Å². The van der Waals surface area contributed by atoms with Gasteiger partial charge in [-0.05, 0) is 67.3 Å². The van der Waals surface area contributed by atoms with Crippen molar-refractivity contribution in [1.82, 2.24) is 18.7 Å². The number of H-pyrrole nitrogens is 1. The van der Waals surface area contributed by atoms with E-state index >= 15 is 0 Å². The number of nitrogens with one attached hydrogen (secondary N) is 1. The molecule has 1 atom stereocenters. The van der Waals surface area contributed by atoms with E-state index in [1.807, 2.05) is 12.1 Å². The van der Waals surface area contributed by atoms with E-state index in [0.717, 1.165) is 29.4 Å². The number of rotatable bonds is 8. The predicted octanol–water partition coefficient (Wildman–Crippen LogP) is 2.97. The monoisotopic (exact) mass is 549 g/mol. The van der Waals surface area contributed by atoms with Gasteiger partial charge in [0.15, 0.2) is 6.29 Å². The molecule has 10 nitrogen and oxygen atoms in total. The Labute approximate surface area is 228 Å². The second-order valence-corrected chi connectivity index (χ2v) is 9.54. The van der Waals surface area contributed by atoms with Crippen molar-refractivity contribution < 1.29 is 9.47 Å². The molecule has 4 aromatic rings. The van der Waals surface area contributed by atoms with Crippen LogP contribution in [0.2, 0.25) is 5.02 Å². The number of ether oxygens (including phenoxy) is 2. The topological polar surface area (TPSA) is 113 Å². The van der Waals surface area contributed by atoms with Gasteiger partial charge < -0.3 is 9.47 Å². The first-order valence-corrected chi connectivity index (χ1v) is 13.1. The zero-order valence-electron chi connectivity index (χ0n) is 21.2. The molecule has 2 aromatic heterocycles. The number of nitrogens with zero attached hydrogens (tertiary/aromatic N) is 4. The molecular weight excluding hydrogens is 522 g/mol. The lowest BCUT2D eigenvalue weighted by Crippen LogP contribution is -2.50. The Hall–Kier alpha value is -3.99. The zero-order valence-corrected chi connectivity index (χ0v) is 21.9. The van der Waals surface area contributed by atoms with E-state index < -0.39 is 11.4 Å². The van der Waals surface area contributed by atoms with Crippen LogP contribution in [0.3, 0.4) is 0 Å². The van der Waals surface area contributed by atoms with Gasteiger partial charge in [0.2, 0.25) is 5.62 Å². The summed E-state index contributed by atoms with van der Waals surface area (Å²) in [4.78, 5) is 45.9. The summed E-state index contributed by atoms with van der Waals surface area (Å²) in [5.74, 6) is 0. The van der Waals surface area contributed by atoms with E-state index in [1.54, 1.807) is 54.7 Å². The van der Waals surface area contributed by atoms with Crippen molar-refractivity contribution in [3.8, 4) is 5.69 Å². The quantitative estimate of drug-likeness (QED) is 0.363. The third-order valence-corrected chi connectivity index (χ3v) is 6.63. The first-order valence-electron chi connectivity index (χ1n) is 12.7. The normalized spacial score (nSPS) is 15.9. The first kappa shape index (κ1) is 26.6. The molecule has 202 valence electrons. The van der Waals surface area contributed by atoms with Gasteiger partial charge in [0, 0.05) is 29.6 Å². The Balaban J connectivity index is 1.48. The van der Waals surface area contributed by atoms with Crippen LogP contribution in [-0.4, -0.2) is 38.2 Å². The SMILES string of the molecule is O=c1ccccn1-c1ccc(/N=c2\[nH]c(=O)n(CCOC3CCCCO3)c(=O)n2Cc2ccc(Cl)cc2)cc1. The van der Waals surface area contributed by atoms with Gasteiger partial charge >= 0.3 is 11.4 Å². The lowest BCUT2D eigenvalue weighted by molar-refractivity contribution is -0.163. The molecule has 1 unspecified atom stereocenters. The molecule has 39 heavy (non-hydrogen) atoms. The van der Waals surface area contributed by atoms with Crippen molar-refractivity contribution in [1.29, 1.82) is 0 Å². The molecule has 0 aliphatic carbocycles. The Bertz CT molecular complexity index is 1660. The minimum Gasteiger partial charge on any atom is -0.353 e. The van der Waals surface area contributed by atoms with Crippen LogP contribution in [0.4, 0.5) is 5.69 Å². The first-order chi connectivity index (χ1) is 19.0. The molecule has 0 bridgehead atoms. The van der Waals surface area contributed by atoms with Crippen LogP contribution in [0, 0.1) is 0 Å². The fourth-order valence-corrected chi connectivity index (χ4v) is 4.45. The van der Waals surface area contributed by atoms with Crippen LogP contribution in [-0.2, 0) is 22.6 Å². The van der Waals surface area contributed by atoms with E-state index in [4.69, 9.17) is 21.1 Å². The van der Waals surface area contributed by atoms with Crippen molar-refractivity contribution in [2.75, 3.05) is 13.2 Å². The molecule has 11 heteroatoms. The molecule has 3 heterocycles. The summed E-state index contributed by atoms with van der Waals surface area (Å²) >= 11 is 6.03. The minimum atomic E-state index is -0.591. The molecule has 5 rings (SSSR count). The lowest BCUT2D eigenvalue weighted by Gasteiger charge is -2.22. The number of halogens is 1. The average molecular weight is 550 g/mol. The predicted molar refractivity (Wildman–Crippen MR) is 147 cm³/mol. The Kier molecular flexibility index (Phi) is 8.36. The van der Waals surface area contributed by atoms with Crippen molar-refractivity contribution >= 4 is 17.3 Å². The number of aromatic amines is 1. The van der Waals surface area contributed by atoms with E-state index in [0.29, 0.717) is 23.0 Å². The highest BCUT2D eigenvalue weighted by Gasteiger charge is 2.15. The molecule has 0 spiro atoms. The summed E-state index contributed by atoms with van der Waals surface area (Å²) in [5.41, 5.74) is 0.798. The fourth-order valence-electron chi connectivity index (χ4n) is 4.32. The fraction of sp³-hybridized carbons (Fsp3) is 0.286. The zero-order chi connectivity index (χ0) is 27.2. The third kappa shape index (κ3) is 6.54. The van der Waals surface area contributed by atoms with Gasteiger partial charge in [-0.1, -0.05) is 29.8 Å². The van der Waals surface area contributed by atoms with Gasteiger partial charge in [-0.2, -0.15) is 0 Å². The molecule has 1 aliphatic heterocycles. The van der Waals surface area contributed by atoms with E-state index in [9.17, 15) is 14.4 Å². The maximum Gasteiger partial charge on any atom is 0.335 e. The number of benzene rings is 2. The molecule has 1 fully saturated rings. The summed E-state index contributed by atoms with van der Waals surface area (Å²) < 4.78 is 15.3. The second kappa shape index (κ2) is 12.2. The number of aromatic nitrogens is 4. The van der Waals surface area contributed by atoms with Crippen molar-refractivity contribution in [3.05, 3.63) is 120 Å². The van der Waals surface area contributed by atoms with Crippen molar-refractivity contribution in [2.24, 2.45) is 4.99 Å². The van der Waals surface area contributed by atoms with Crippen LogP contribution in [0.25, 0.3) is 5.69 Å². The van der Waals surface area contributed by atoms with Gasteiger partial charge in [0.25, 0.3) is 5.56 Å². The number of hydrogen-bond donors (Lipinski definition) is 1. The van der Waals surface area contributed by atoms with Crippen molar-refractivity contribution in [3.63, 3.8) is 0 Å². The van der Waals surface area contributed by atoms with Gasteiger partial charge in [-0.15, -0.1) is 0 Å². The standard InChI is InChI=1S/C28H28ClN5O5/c29-21-9-7-20(8-10-21)19-34-26(30-22-11-13-23(14-12-22)32-15-3-1-5-24(32)35)31-27(36)33(28(34)37)16-18-39-25-6-2-4-17-38-25/h1,3,5,7-15,25H,2,4,6,16-19H2,(H,30,31,36). The van der Waals surface area contributed by atoms with Crippen LogP contribution < -0.4 is 22.6 Å². The van der Waals surface area contributed by atoms with Gasteiger partial charge in [0.1, 0.15) is 0 Å². The van der Waals surface area contributed by atoms with E-state index in [1.165, 1.54) is 15.2 Å². The summed E-state index contributed by atoms with van der Waals surface area (Å²) in [6.45, 7) is 1.03. The molecule has 1 saturated heterocycles. The third-order valence-electron chi connectivity index (χ3n) is 6.38. The van der Waals surface area contributed by atoms with E-state index in [2.05, 4.69) is 9.98 Å². The van der Waals surface area contributed by atoms with E-state index in [-0.39, 0.29) is 37.2 Å². The maximum atomic E-state index is 13.5. The van der Waals surface area contributed by atoms with Crippen LogP contribution in [0.15, 0.2) is 92.3 Å². The van der Waals surface area contributed by atoms with Crippen LogP contribution >= 0.6 is 11.6 Å². The Morgan fingerprint density at radius 3 is 2.49 bits per heavy atom. The number of hydrogen-bond acceptors (Lipinski definition) is 6. The highest BCUT2D eigenvalue weighted by molar-refractivity contribution is 6.30. The van der Waals surface area contributed by atoms with Crippen LogP contribution in [0.1, 0.15) is 24.8 Å². The maximum absolute atomic E-state index is 13.5. The highest BCUT2D eigenvalue weighted by Crippen LogP contribution is 2.15. The summed E-state index contributed by atoms with van der Waals surface area (Å²) in [6, 6.07) is 18.9. The van der Waals surface area contributed by atoms with Crippen molar-refractivity contribution in [2.45, 2.75) is 38.6 Å². The molecule has 1 aliphatic rings. The molecule has 0 amide bonds. The van der Waals surface area contributed by atoms with Gasteiger partial charge in [-0.25, -0.2) is 19.1 Å². The lowest BCUT2D eigenvalue weighted by atomic mass is 10.2. The smallest absolute Gasteiger partial charge is 0.335 e. The second-order valence-electron chi connectivity index (χ2n) is 9.10. The summed E-state index contributed by atoms with van der Waals surface area (Å²) in [5, 5.41) is 0.576. The average Bonchev–Trinajstić information content (AvgIpc) is 2.95. The summed E-state index contributed by atoms with van der Waals surface area (Å²) in [6.07, 6.45) is 4.17. The molecule has 0 saturated carbocycles.